The number of nitrogens with two attached hydrogens (primary N) is 1. The molecule has 0 aromatic heterocycles. The molecule has 0 saturated carbocycles. The van der Waals surface area contributed by atoms with Crippen LogP contribution in [0.2, 0.25) is 0 Å². The van der Waals surface area contributed by atoms with Crippen LogP contribution in [0, 0.1) is 0 Å². The van der Waals surface area contributed by atoms with E-state index in [1.807, 2.05) is 6.92 Å². The van der Waals surface area contributed by atoms with Crippen LogP contribution in [0.5, 0.6) is 0 Å². The molecule has 0 aromatic rings. The SMILES string of the molecule is CCCCCCCCCCCCCCCCCC(CC)OC(N)=O. The minimum absolute atomic E-state index is 0.0180. The second-order valence-corrected chi connectivity index (χ2v) is 7.21. The van der Waals surface area contributed by atoms with Crippen molar-refractivity contribution in [1.29, 1.82) is 0 Å². The molecule has 1 atom stereocenters. The first-order chi connectivity index (χ1) is 11.7. The first-order valence-corrected chi connectivity index (χ1v) is 10.7. The molecule has 0 aromatic carbocycles. The molecular weight excluding hydrogens is 298 g/mol. The molecular formula is C21H43NO2. The second-order valence-electron chi connectivity index (χ2n) is 7.21. The normalized spacial score (nSPS) is 12.2. The van der Waals surface area contributed by atoms with Gasteiger partial charge in [0, 0.05) is 0 Å². The number of unbranched alkanes of at least 4 members (excludes halogenated alkanes) is 14. The van der Waals surface area contributed by atoms with Gasteiger partial charge in [-0.3, -0.25) is 0 Å². The minimum atomic E-state index is -0.636. The largest absolute Gasteiger partial charge is 0.446 e. The molecule has 0 aliphatic rings. The molecule has 0 aliphatic carbocycles. The van der Waals surface area contributed by atoms with Crippen molar-refractivity contribution in [3.05, 3.63) is 0 Å². The summed E-state index contributed by atoms with van der Waals surface area (Å²) >= 11 is 0. The predicted octanol–water partition coefficient (Wildman–Crippen LogP) is 7.12. The quantitative estimate of drug-likeness (QED) is 0.270. The van der Waals surface area contributed by atoms with Crippen molar-refractivity contribution in [2.75, 3.05) is 0 Å². The van der Waals surface area contributed by atoms with Crippen LogP contribution < -0.4 is 5.73 Å². The lowest BCUT2D eigenvalue weighted by Gasteiger charge is -2.14. The van der Waals surface area contributed by atoms with Crippen LogP contribution in [0.4, 0.5) is 4.79 Å². The molecule has 0 bridgehead atoms. The van der Waals surface area contributed by atoms with Crippen LogP contribution in [-0.2, 0) is 4.74 Å². The van der Waals surface area contributed by atoms with Gasteiger partial charge in [-0.2, -0.15) is 0 Å². The molecule has 24 heavy (non-hydrogen) atoms. The van der Waals surface area contributed by atoms with Crippen LogP contribution in [0.15, 0.2) is 0 Å². The predicted molar refractivity (Wildman–Crippen MR) is 104 cm³/mol. The highest BCUT2D eigenvalue weighted by Gasteiger charge is 2.08. The van der Waals surface area contributed by atoms with Gasteiger partial charge in [0.05, 0.1) is 0 Å². The average Bonchev–Trinajstić information content (AvgIpc) is 2.56. The van der Waals surface area contributed by atoms with Gasteiger partial charge in [0.1, 0.15) is 6.10 Å². The van der Waals surface area contributed by atoms with E-state index in [9.17, 15) is 4.79 Å². The van der Waals surface area contributed by atoms with E-state index in [-0.39, 0.29) is 6.10 Å². The van der Waals surface area contributed by atoms with Crippen molar-refractivity contribution in [2.24, 2.45) is 5.73 Å². The van der Waals surface area contributed by atoms with Crippen LogP contribution in [-0.4, -0.2) is 12.2 Å². The Hall–Kier alpha value is -0.730. The zero-order valence-corrected chi connectivity index (χ0v) is 16.5. The zero-order chi connectivity index (χ0) is 17.9. The minimum Gasteiger partial charge on any atom is -0.446 e. The smallest absolute Gasteiger partial charge is 0.404 e. The Morgan fingerprint density at radius 2 is 1.08 bits per heavy atom. The molecule has 0 spiro atoms. The Bertz CT molecular complexity index is 269. The van der Waals surface area contributed by atoms with E-state index < -0.39 is 6.09 Å². The summed E-state index contributed by atoms with van der Waals surface area (Å²) in [5.41, 5.74) is 5.06. The van der Waals surface area contributed by atoms with Crippen molar-refractivity contribution in [2.45, 2.75) is 129 Å². The molecule has 3 nitrogen and oxygen atoms in total. The summed E-state index contributed by atoms with van der Waals surface area (Å²) in [7, 11) is 0. The number of hydrogen-bond acceptors (Lipinski definition) is 2. The van der Waals surface area contributed by atoms with Crippen LogP contribution in [0.1, 0.15) is 123 Å². The van der Waals surface area contributed by atoms with Gasteiger partial charge in [0.2, 0.25) is 0 Å². The van der Waals surface area contributed by atoms with Gasteiger partial charge in [-0.1, -0.05) is 104 Å². The molecule has 0 rings (SSSR count). The van der Waals surface area contributed by atoms with Crippen molar-refractivity contribution >= 4 is 6.09 Å². The van der Waals surface area contributed by atoms with Gasteiger partial charge in [0.15, 0.2) is 0 Å². The van der Waals surface area contributed by atoms with Crippen LogP contribution >= 0.6 is 0 Å². The molecule has 0 fully saturated rings. The first-order valence-electron chi connectivity index (χ1n) is 10.7. The molecule has 0 saturated heterocycles. The monoisotopic (exact) mass is 341 g/mol. The number of carbonyl (C=O) groups is 1. The van der Waals surface area contributed by atoms with E-state index in [0.29, 0.717) is 0 Å². The molecule has 3 heteroatoms. The Morgan fingerprint density at radius 3 is 1.42 bits per heavy atom. The molecule has 1 unspecified atom stereocenters. The maximum Gasteiger partial charge on any atom is 0.404 e. The third-order valence-corrected chi connectivity index (χ3v) is 4.87. The van der Waals surface area contributed by atoms with Gasteiger partial charge >= 0.3 is 6.09 Å². The summed E-state index contributed by atoms with van der Waals surface area (Å²) in [5, 5.41) is 0. The fraction of sp³-hybridized carbons (Fsp3) is 0.952. The number of ether oxygens (including phenoxy) is 1. The lowest BCUT2D eigenvalue weighted by Crippen LogP contribution is -2.22. The summed E-state index contributed by atoms with van der Waals surface area (Å²) in [4.78, 5) is 10.7. The number of amides is 1. The number of hydrogen-bond donors (Lipinski definition) is 1. The van der Waals surface area contributed by atoms with Crippen LogP contribution in [0.3, 0.4) is 0 Å². The van der Waals surface area contributed by atoms with Crippen LogP contribution in [0.25, 0.3) is 0 Å². The maximum atomic E-state index is 10.7. The highest BCUT2D eigenvalue weighted by Crippen LogP contribution is 2.15. The average molecular weight is 342 g/mol. The summed E-state index contributed by atoms with van der Waals surface area (Å²) in [6.07, 6.45) is 21.8. The topological polar surface area (TPSA) is 52.3 Å². The van der Waals surface area contributed by atoms with E-state index in [1.165, 1.54) is 89.9 Å². The van der Waals surface area contributed by atoms with Gasteiger partial charge in [-0.05, 0) is 19.3 Å². The molecule has 144 valence electrons. The first kappa shape index (κ1) is 23.3. The molecule has 0 radical (unpaired) electrons. The van der Waals surface area contributed by atoms with Gasteiger partial charge in [0.25, 0.3) is 0 Å². The van der Waals surface area contributed by atoms with E-state index in [1.54, 1.807) is 0 Å². The Morgan fingerprint density at radius 1 is 0.708 bits per heavy atom. The van der Waals surface area contributed by atoms with Gasteiger partial charge in [-0.15, -0.1) is 0 Å². The standard InChI is InChI=1S/C21H43NO2/c1-3-5-6-7-8-9-10-11-12-13-14-15-16-17-18-19-20(4-2)24-21(22)23/h20H,3-19H2,1-2H3,(H2,22,23). The number of rotatable bonds is 18. The second kappa shape index (κ2) is 18.6. The fourth-order valence-electron chi connectivity index (χ4n) is 3.25. The molecule has 0 heterocycles. The molecule has 0 aliphatic heterocycles. The van der Waals surface area contributed by atoms with Gasteiger partial charge in [-0.25, -0.2) is 4.79 Å². The lowest BCUT2D eigenvalue weighted by molar-refractivity contribution is 0.0969. The van der Waals surface area contributed by atoms with Crippen molar-refractivity contribution in [1.82, 2.24) is 0 Å². The highest BCUT2D eigenvalue weighted by atomic mass is 16.6. The number of primary amides is 1. The highest BCUT2D eigenvalue weighted by molar-refractivity contribution is 5.64. The van der Waals surface area contributed by atoms with E-state index in [4.69, 9.17) is 10.5 Å². The third kappa shape index (κ3) is 17.6. The van der Waals surface area contributed by atoms with E-state index in [2.05, 4.69) is 6.92 Å². The third-order valence-electron chi connectivity index (χ3n) is 4.87. The summed E-state index contributed by atoms with van der Waals surface area (Å²) in [6, 6.07) is 0. The Balaban J connectivity index is 3.16. The maximum absolute atomic E-state index is 10.7. The Labute approximate surface area is 151 Å². The fourth-order valence-corrected chi connectivity index (χ4v) is 3.25. The van der Waals surface area contributed by atoms with Crippen molar-refractivity contribution in [3.63, 3.8) is 0 Å². The molecule has 1 amide bonds. The van der Waals surface area contributed by atoms with E-state index >= 15 is 0 Å². The lowest BCUT2D eigenvalue weighted by atomic mass is 10.0. The molecule has 2 N–H and O–H groups in total. The summed E-state index contributed by atoms with van der Waals surface area (Å²) in [6.45, 7) is 4.32. The van der Waals surface area contributed by atoms with Crippen molar-refractivity contribution in [3.8, 4) is 0 Å². The Kier molecular flexibility index (Phi) is 18.0. The van der Waals surface area contributed by atoms with Crippen molar-refractivity contribution < 1.29 is 9.53 Å². The van der Waals surface area contributed by atoms with E-state index in [0.717, 1.165) is 19.3 Å². The zero-order valence-electron chi connectivity index (χ0n) is 16.5. The number of carbonyl (C=O) groups excluding carboxylic acids is 1. The summed E-state index contributed by atoms with van der Waals surface area (Å²) in [5.74, 6) is 0. The van der Waals surface area contributed by atoms with Gasteiger partial charge < -0.3 is 10.5 Å². The summed E-state index contributed by atoms with van der Waals surface area (Å²) < 4.78 is 5.06.